The second kappa shape index (κ2) is 9.02. The van der Waals surface area contributed by atoms with Crippen LogP contribution in [0.15, 0.2) is 12.3 Å². The molecule has 168 valence electrons. The van der Waals surface area contributed by atoms with E-state index in [1.165, 1.54) is 6.07 Å². The van der Waals surface area contributed by atoms with Gasteiger partial charge in [0.25, 0.3) is 5.91 Å². The second-order valence-corrected chi connectivity index (χ2v) is 9.72. The lowest BCUT2D eigenvalue weighted by Gasteiger charge is -2.41. The summed E-state index contributed by atoms with van der Waals surface area (Å²) in [6.07, 6.45) is 2.48. The standard InChI is InChI=1S/C21H24BrF3N4OS/c1-20(2)18(30)28(15-10-16(21(23,24)25)17(11-26)27-12-15)19(31)29(20)14-7-5-13(6-8-14)4-3-9-22/h10,12-14H,3-9H2,1-2H3. The van der Waals surface area contributed by atoms with Crippen LogP contribution in [-0.2, 0) is 11.0 Å². The van der Waals surface area contributed by atoms with Gasteiger partial charge < -0.3 is 4.90 Å². The normalized spacial score (nSPS) is 23.9. The van der Waals surface area contributed by atoms with Crippen molar-refractivity contribution in [3.8, 4) is 6.07 Å². The molecule has 3 rings (SSSR count). The van der Waals surface area contributed by atoms with Crippen molar-refractivity contribution in [2.24, 2.45) is 5.92 Å². The maximum Gasteiger partial charge on any atom is 0.419 e. The van der Waals surface area contributed by atoms with Crippen molar-refractivity contribution in [1.82, 2.24) is 9.88 Å². The molecule has 1 aliphatic carbocycles. The second-order valence-electron chi connectivity index (χ2n) is 8.56. The number of nitriles is 1. The molecule has 0 N–H and O–H groups in total. The number of anilines is 1. The van der Waals surface area contributed by atoms with Gasteiger partial charge in [-0.1, -0.05) is 15.9 Å². The first-order chi connectivity index (χ1) is 14.5. The Morgan fingerprint density at radius 1 is 1.32 bits per heavy atom. The zero-order valence-corrected chi connectivity index (χ0v) is 19.8. The average molecular weight is 517 g/mol. The van der Waals surface area contributed by atoms with Gasteiger partial charge in [-0.3, -0.25) is 9.69 Å². The number of thiocarbonyl (C=S) groups is 1. The predicted octanol–water partition coefficient (Wildman–Crippen LogP) is 5.42. The van der Waals surface area contributed by atoms with Crippen molar-refractivity contribution in [1.29, 1.82) is 5.26 Å². The number of amides is 1. The summed E-state index contributed by atoms with van der Waals surface area (Å²) in [5.74, 6) is 0.260. The third-order valence-corrected chi connectivity index (χ3v) is 7.14. The van der Waals surface area contributed by atoms with E-state index < -0.39 is 28.9 Å². The molecule has 1 aliphatic heterocycles. The number of carbonyl (C=O) groups excluding carboxylic acids is 1. The Bertz CT molecular complexity index is 907. The third-order valence-electron chi connectivity index (χ3n) is 6.20. The molecular formula is C21H24BrF3N4OS. The minimum atomic E-state index is -4.76. The molecule has 1 aromatic heterocycles. The molecule has 5 nitrogen and oxygen atoms in total. The summed E-state index contributed by atoms with van der Waals surface area (Å²) in [5, 5.41) is 10.2. The van der Waals surface area contributed by atoms with E-state index in [0.29, 0.717) is 5.92 Å². The van der Waals surface area contributed by atoms with Gasteiger partial charge in [-0.25, -0.2) is 4.98 Å². The van der Waals surface area contributed by atoms with Crippen molar-refractivity contribution in [3.63, 3.8) is 0 Å². The Hall–Kier alpha value is -1.73. The minimum Gasteiger partial charge on any atom is -0.331 e. The number of aromatic nitrogens is 1. The van der Waals surface area contributed by atoms with E-state index in [-0.39, 0.29) is 16.8 Å². The van der Waals surface area contributed by atoms with Gasteiger partial charge in [-0.2, -0.15) is 18.4 Å². The van der Waals surface area contributed by atoms with Gasteiger partial charge in [-0.05, 0) is 76.6 Å². The van der Waals surface area contributed by atoms with E-state index >= 15 is 0 Å². The maximum atomic E-state index is 13.4. The zero-order valence-electron chi connectivity index (χ0n) is 17.4. The monoisotopic (exact) mass is 516 g/mol. The number of carbonyl (C=O) groups is 1. The summed E-state index contributed by atoms with van der Waals surface area (Å²) >= 11 is 9.06. The van der Waals surface area contributed by atoms with E-state index in [0.717, 1.165) is 61.0 Å². The summed E-state index contributed by atoms with van der Waals surface area (Å²) in [7, 11) is 0. The average Bonchev–Trinajstić information content (AvgIpc) is 2.90. The zero-order chi connectivity index (χ0) is 23.0. The molecule has 1 saturated carbocycles. The molecule has 2 aliphatic rings. The predicted molar refractivity (Wildman–Crippen MR) is 119 cm³/mol. The number of alkyl halides is 4. The van der Waals surface area contributed by atoms with E-state index in [9.17, 15) is 18.0 Å². The van der Waals surface area contributed by atoms with Crippen molar-refractivity contribution in [2.75, 3.05) is 10.2 Å². The van der Waals surface area contributed by atoms with E-state index in [4.69, 9.17) is 17.5 Å². The SMILES string of the molecule is CC1(C)C(=O)N(c2cnc(C#N)c(C(F)(F)F)c2)C(=S)N1C1CCC(CCCBr)CC1. The van der Waals surface area contributed by atoms with Crippen LogP contribution in [0.3, 0.4) is 0 Å². The number of rotatable bonds is 5. The molecule has 1 aromatic rings. The Morgan fingerprint density at radius 2 is 1.97 bits per heavy atom. The highest BCUT2D eigenvalue weighted by Crippen LogP contribution is 2.41. The first kappa shape index (κ1) is 23.9. The molecule has 0 radical (unpaired) electrons. The lowest BCUT2D eigenvalue weighted by atomic mass is 9.82. The minimum absolute atomic E-state index is 0.0603. The van der Waals surface area contributed by atoms with Crippen LogP contribution in [0.2, 0.25) is 0 Å². The fourth-order valence-corrected chi connectivity index (χ4v) is 5.48. The number of pyridine rings is 1. The van der Waals surface area contributed by atoms with Crippen LogP contribution in [0.25, 0.3) is 0 Å². The third kappa shape index (κ3) is 4.58. The maximum absolute atomic E-state index is 13.4. The summed E-state index contributed by atoms with van der Waals surface area (Å²) in [4.78, 5) is 19.9. The number of hydrogen-bond acceptors (Lipinski definition) is 4. The fourth-order valence-electron chi connectivity index (χ4n) is 4.59. The highest BCUT2D eigenvalue weighted by atomic mass is 79.9. The van der Waals surface area contributed by atoms with Crippen LogP contribution >= 0.6 is 28.1 Å². The molecule has 2 heterocycles. The highest BCUT2D eigenvalue weighted by Gasteiger charge is 2.52. The molecule has 0 bridgehead atoms. The van der Waals surface area contributed by atoms with Crippen molar-refractivity contribution in [3.05, 3.63) is 23.5 Å². The summed E-state index contributed by atoms with van der Waals surface area (Å²) in [5.41, 5.74) is -2.95. The van der Waals surface area contributed by atoms with Crippen LogP contribution in [0.1, 0.15) is 63.6 Å². The van der Waals surface area contributed by atoms with Crippen LogP contribution < -0.4 is 4.90 Å². The van der Waals surface area contributed by atoms with Crippen molar-refractivity contribution < 1.29 is 18.0 Å². The number of nitrogens with zero attached hydrogens (tertiary/aromatic N) is 4. The number of halogens is 4. The molecule has 31 heavy (non-hydrogen) atoms. The fraction of sp³-hybridized carbons (Fsp3) is 0.619. The van der Waals surface area contributed by atoms with Crippen molar-refractivity contribution >= 4 is 44.9 Å². The van der Waals surface area contributed by atoms with Gasteiger partial charge >= 0.3 is 6.18 Å². The van der Waals surface area contributed by atoms with Crippen LogP contribution in [0.5, 0.6) is 0 Å². The topological polar surface area (TPSA) is 60.2 Å². The van der Waals surface area contributed by atoms with Gasteiger partial charge in [0.2, 0.25) is 0 Å². The smallest absolute Gasteiger partial charge is 0.331 e. The van der Waals surface area contributed by atoms with Crippen LogP contribution in [-0.4, -0.2) is 37.8 Å². The Kier molecular flexibility index (Phi) is 6.96. The molecular weight excluding hydrogens is 493 g/mol. The van der Waals surface area contributed by atoms with E-state index in [1.54, 1.807) is 13.8 Å². The largest absolute Gasteiger partial charge is 0.419 e. The summed E-state index contributed by atoms with van der Waals surface area (Å²) in [6.45, 7) is 3.50. The molecule has 1 saturated heterocycles. The first-order valence-corrected chi connectivity index (χ1v) is 11.8. The Labute approximate surface area is 193 Å². The highest BCUT2D eigenvalue weighted by molar-refractivity contribution is 9.09. The molecule has 10 heteroatoms. The molecule has 0 unspecified atom stereocenters. The van der Waals surface area contributed by atoms with Gasteiger partial charge in [-0.15, -0.1) is 0 Å². The van der Waals surface area contributed by atoms with E-state index in [2.05, 4.69) is 20.9 Å². The van der Waals surface area contributed by atoms with E-state index in [1.807, 2.05) is 4.90 Å². The molecule has 1 amide bonds. The van der Waals surface area contributed by atoms with Gasteiger partial charge in [0.15, 0.2) is 10.8 Å². The lowest BCUT2D eigenvalue weighted by Crippen LogP contribution is -2.51. The van der Waals surface area contributed by atoms with Gasteiger partial charge in [0.1, 0.15) is 11.6 Å². The lowest BCUT2D eigenvalue weighted by molar-refractivity contribution is -0.138. The van der Waals surface area contributed by atoms with Gasteiger partial charge in [0.05, 0.1) is 17.4 Å². The van der Waals surface area contributed by atoms with Crippen molar-refractivity contribution in [2.45, 2.75) is 70.1 Å². The Balaban J connectivity index is 1.88. The number of hydrogen-bond donors (Lipinski definition) is 0. The molecule has 0 atom stereocenters. The van der Waals surface area contributed by atoms with Gasteiger partial charge in [0, 0.05) is 11.4 Å². The van der Waals surface area contributed by atoms with Crippen LogP contribution in [0.4, 0.5) is 18.9 Å². The summed E-state index contributed by atoms with van der Waals surface area (Å²) in [6, 6.07) is 2.30. The molecule has 0 spiro atoms. The molecule has 2 fully saturated rings. The van der Waals surface area contributed by atoms with Crippen LogP contribution in [0, 0.1) is 17.2 Å². The molecule has 0 aromatic carbocycles. The summed E-state index contributed by atoms with van der Waals surface area (Å²) < 4.78 is 40.2. The first-order valence-electron chi connectivity index (χ1n) is 10.2. The Morgan fingerprint density at radius 3 is 2.52 bits per heavy atom. The quantitative estimate of drug-likeness (QED) is 0.386.